The fourth-order valence-corrected chi connectivity index (χ4v) is 4.42. The van der Waals surface area contributed by atoms with E-state index >= 15 is 0 Å². The summed E-state index contributed by atoms with van der Waals surface area (Å²) in [5.41, 5.74) is 3.16. The summed E-state index contributed by atoms with van der Waals surface area (Å²) < 4.78 is 7.71. The van der Waals surface area contributed by atoms with Crippen LogP contribution in [0.4, 0.5) is 0 Å². The van der Waals surface area contributed by atoms with Crippen LogP contribution in [-0.2, 0) is 11.3 Å². The molecular weight excluding hydrogens is 302 g/mol. The number of hydrogen-bond donors (Lipinski definition) is 0. The predicted octanol–water partition coefficient (Wildman–Crippen LogP) is 2.31. The first-order chi connectivity index (χ1) is 11.6. The van der Waals surface area contributed by atoms with Crippen LogP contribution in [-0.4, -0.2) is 65.7 Å². The van der Waals surface area contributed by atoms with Gasteiger partial charge < -0.3 is 14.2 Å². The van der Waals surface area contributed by atoms with Crippen LogP contribution in [0.2, 0.25) is 0 Å². The molecule has 0 bridgehead atoms. The quantitative estimate of drug-likeness (QED) is 0.848. The fourth-order valence-electron chi connectivity index (χ4n) is 4.42. The van der Waals surface area contributed by atoms with Gasteiger partial charge in [-0.25, -0.2) is 0 Å². The lowest BCUT2D eigenvalue weighted by atomic mass is 9.99. The Labute approximate surface area is 145 Å². The molecule has 3 heterocycles. The number of aryl methyl sites for hydroxylation is 1. The second-order valence-corrected chi connectivity index (χ2v) is 7.12. The number of amides is 1. The van der Waals surface area contributed by atoms with Crippen molar-refractivity contribution in [2.24, 2.45) is 5.92 Å². The van der Waals surface area contributed by atoms with E-state index in [9.17, 15) is 4.79 Å². The van der Waals surface area contributed by atoms with Crippen molar-refractivity contribution in [3.63, 3.8) is 0 Å². The van der Waals surface area contributed by atoms with E-state index in [2.05, 4.69) is 48.1 Å². The molecule has 1 amide bonds. The highest BCUT2D eigenvalue weighted by Crippen LogP contribution is 2.28. The summed E-state index contributed by atoms with van der Waals surface area (Å²) in [6.45, 7) is 14.8. The number of carbonyl (C=O) groups is 1. The van der Waals surface area contributed by atoms with Gasteiger partial charge in [-0.05, 0) is 32.8 Å². The van der Waals surface area contributed by atoms with E-state index in [4.69, 9.17) is 4.74 Å². The van der Waals surface area contributed by atoms with Gasteiger partial charge in [0.1, 0.15) is 0 Å². The van der Waals surface area contributed by atoms with E-state index in [0.29, 0.717) is 12.0 Å². The summed E-state index contributed by atoms with van der Waals surface area (Å²) in [5.74, 6) is 0.777. The molecule has 2 saturated heterocycles. The third kappa shape index (κ3) is 3.11. The molecule has 24 heavy (non-hydrogen) atoms. The van der Waals surface area contributed by atoms with Crippen molar-refractivity contribution in [1.29, 1.82) is 0 Å². The van der Waals surface area contributed by atoms with Crippen LogP contribution < -0.4 is 0 Å². The third-order valence-corrected chi connectivity index (χ3v) is 5.85. The topological polar surface area (TPSA) is 37.7 Å². The molecule has 0 spiro atoms. The zero-order valence-corrected chi connectivity index (χ0v) is 15.5. The molecule has 0 saturated carbocycles. The van der Waals surface area contributed by atoms with Crippen LogP contribution >= 0.6 is 0 Å². The molecule has 1 aromatic heterocycles. The SMILES string of the molecule is CC[C@H]1CN(C(=O)c2cc(C)n(CC)c2C)C[C@@H]1N1CCOCC1. The lowest BCUT2D eigenvalue weighted by Gasteiger charge is -2.34. The zero-order chi connectivity index (χ0) is 17.3. The molecule has 0 radical (unpaired) electrons. The molecule has 0 N–H and O–H groups in total. The molecule has 5 heteroatoms. The van der Waals surface area contributed by atoms with E-state index in [1.165, 1.54) is 5.69 Å². The van der Waals surface area contributed by atoms with Crippen molar-refractivity contribution in [3.8, 4) is 0 Å². The van der Waals surface area contributed by atoms with Gasteiger partial charge in [-0.2, -0.15) is 0 Å². The minimum atomic E-state index is 0.206. The van der Waals surface area contributed by atoms with Gasteiger partial charge in [0.25, 0.3) is 5.91 Å². The van der Waals surface area contributed by atoms with Crippen LogP contribution in [0.25, 0.3) is 0 Å². The van der Waals surface area contributed by atoms with Crippen molar-refractivity contribution in [2.45, 2.75) is 46.7 Å². The number of rotatable bonds is 4. The summed E-state index contributed by atoms with van der Waals surface area (Å²) in [4.78, 5) is 17.7. The number of morpholine rings is 1. The Morgan fingerprint density at radius 1 is 1.21 bits per heavy atom. The molecule has 1 aromatic rings. The van der Waals surface area contributed by atoms with E-state index in [-0.39, 0.29) is 5.91 Å². The Kier molecular flexibility index (Phi) is 5.30. The summed E-state index contributed by atoms with van der Waals surface area (Å²) in [6, 6.07) is 2.54. The molecule has 5 nitrogen and oxygen atoms in total. The van der Waals surface area contributed by atoms with Gasteiger partial charge in [0, 0.05) is 50.2 Å². The molecule has 3 rings (SSSR count). The van der Waals surface area contributed by atoms with Gasteiger partial charge in [0.05, 0.1) is 18.8 Å². The number of likely N-dealkylation sites (tertiary alicyclic amines) is 1. The average Bonchev–Trinajstić information content (AvgIpc) is 3.16. The molecular formula is C19H31N3O2. The normalized spacial score (nSPS) is 25.4. The monoisotopic (exact) mass is 333 g/mol. The van der Waals surface area contributed by atoms with Crippen molar-refractivity contribution in [1.82, 2.24) is 14.4 Å². The highest BCUT2D eigenvalue weighted by atomic mass is 16.5. The Balaban J connectivity index is 1.76. The molecule has 2 aliphatic rings. The smallest absolute Gasteiger partial charge is 0.255 e. The lowest BCUT2D eigenvalue weighted by Crippen LogP contribution is -2.47. The molecule has 0 unspecified atom stereocenters. The fraction of sp³-hybridized carbons (Fsp3) is 0.737. The van der Waals surface area contributed by atoms with Gasteiger partial charge >= 0.3 is 0 Å². The van der Waals surface area contributed by atoms with E-state index < -0.39 is 0 Å². The lowest BCUT2D eigenvalue weighted by molar-refractivity contribution is 0.0103. The van der Waals surface area contributed by atoms with Crippen LogP contribution in [0.5, 0.6) is 0 Å². The van der Waals surface area contributed by atoms with E-state index in [1.807, 2.05) is 0 Å². The number of aromatic nitrogens is 1. The van der Waals surface area contributed by atoms with Crippen LogP contribution in [0.1, 0.15) is 42.0 Å². The molecule has 2 atom stereocenters. The Morgan fingerprint density at radius 2 is 1.92 bits per heavy atom. The molecule has 0 aliphatic carbocycles. The maximum absolute atomic E-state index is 13.1. The van der Waals surface area contributed by atoms with Crippen molar-refractivity contribution >= 4 is 5.91 Å². The maximum atomic E-state index is 13.1. The Bertz CT molecular complexity index is 590. The number of carbonyl (C=O) groups excluding carboxylic acids is 1. The van der Waals surface area contributed by atoms with Crippen molar-refractivity contribution in [2.75, 3.05) is 39.4 Å². The second kappa shape index (κ2) is 7.28. The van der Waals surface area contributed by atoms with Crippen molar-refractivity contribution < 1.29 is 9.53 Å². The minimum Gasteiger partial charge on any atom is -0.379 e. The summed E-state index contributed by atoms with van der Waals surface area (Å²) in [7, 11) is 0. The second-order valence-electron chi connectivity index (χ2n) is 7.12. The first kappa shape index (κ1) is 17.5. The van der Waals surface area contributed by atoms with E-state index in [0.717, 1.165) is 63.6 Å². The number of nitrogens with zero attached hydrogens (tertiary/aromatic N) is 3. The maximum Gasteiger partial charge on any atom is 0.255 e. The first-order valence-corrected chi connectivity index (χ1v) is 9.34. The zero-order valence-electron chi connectivity index (χ0n) is 15.5. The van der Waals surface area contributed by atoms with Crippen LogP contribution in [0.3, 0.4) is 0 Å². The predicted molar refractivity (Wildman–Crippen MR) is 95.4 cm³/mol. The standard InChI is InChI=1S/C19H31N3O2/c1-5-16-12-21(13-18(16)20-7-9-24-10-8-20)19(23)17-11-14(3)22(6-2)15(17)4/h11,16,18H,5-10,12-13H2,1-4H3/t16-,18-/m0/s1. The molecule has 2 aliphatic heterocycles. The summed E-state index contributed by atoms with van der Waals surface area (Å²) >= 11 is 0. The van der Waals surface area contributed by atoms with Gasteiger partial charge in [0.2, 0.25) is 0 Å². The summed E-state index contributed by atoms with van der Waals surface area (Å²) in [6.07, 6.45) is 1.12. The van der Waals surface area contributed by atoms with Crippen LogP contribution in [0.15, 0.2) is 6.07 Å². The Hall–Kier alpha value is -1.33. The van der Waals surface area contributed by atoms with Crippen LogP contribution in [0, 0.1) is 19.8 Å². The highest BCUT2D eigenvalue weighted by molar-refractivity contribution is 5.96. The first-order valence-electron chi connectivity index (χ1n) is 9.34. The van der Waals surface area contributed by atoms with Gasteiger partial charge in [0.15, 0.2) is 0 Å². The molecule has 2 fully saturated rings. The van der Waals surface area contributed by atoms with Gasteiger partial charge in [-0.3, -0.25) is 9.69 Å². The largest absolute Gasteiger partial charge is 0.379 e. The third-order valence-electron chi connectivity index (χ3n) is 5.85. The number of ether oxygens (including phenoxy) is 1. The molecule has 0 aromatic carbocycles. The van der Waals surface area contributed by atoms with Gasteiger partial charge in [-0.1, -0.05) is 13.3 Å². The molecule has 134 valence electrons. The number of hydrogen-bond acceptors (Lipinski definition) is 3. The van der Waals surface area contributed by atoms with Crippen molar-refractivity contribution in [3.05, 3.63) is 23.0 Å². The highest BCUT2D eigenvalue weighted by Gasteiger charge is 2.38. The minimum absolute atomic E-state index is 0.206. The average molecular weight is 333 g/mol. The van der Waals surface area contributed by atoms with Gasteiger partial charge in [-0.15, -0.1) is 0 Å². The Morgan fingerprint density at radius 3 is 2.50 bits per heavy atom. The summed E-state index contributed by atoms with van der Waals surface area (Å²) in [5, 5.41) is 0. The van der Waals surface area contributed by atoms with E-state index in [1.54, 1.807) is 0 Å².